The van der Waals surface area contributed by atoms with Gasteiger partial charge in [-0.1, -0.05) is 35.4 Å². The van der Waals surface area contributed by atoms with E-state index in [0.29, 0.717) is 27.9 Å². The number of aromatic nitrogens is 3. The summed E-state index contributed by atoms with van der Waals surface area (Å²) in [4.78, 5) is 21.3. The fraction of sp³-hybridized carbons (Fsp3) is 0.261. The average Bonchev–Trinajstić information content (AvgIpc) is 3.04. The van der Waals surface area contributed by atoms with Gasteiger partial charge in [-0.3, -0.25) is 4.79 Å². The number of aryl methyl sites for hydroxylation is 2. The molecule has 1 aliphatic carbocycles. The van der Waals surface area contributed by atoms with Gasteiger partial charge in [0, 0.05) is 30.1 Å². The fourth-order valence-corrected chi connectivity index (χ4v) is 4.14. The van der Waals surface area contributed by atoms with E-state index in [1.54, 1.807) is 19.1 Å². The molecule has 1 unspecified atom stereocenters. The first kappa shape index (κ1) is 21.1. The summed E-state index contributed by atoms with van der Waals surface area (Å²) in [5, 5.41) is 14.3. The van der Waals surface area contributed by atoms with E-state index in [2.05, 4.69) is 15.3 Å². The third-order valence-electron chi connectivity index (χ3n) is 5.38. The number of amides is 1. The molecule has 4 N–H and O–H groups in total. The molecular weight excluding hydrogens is 414 g/mol. The van der Waals surface area contributed by atoms with Crippen LogP contribution in [0.1, 0.15) is 25.6 Å². The number of anilines is 2. The number of fused-ring (bicyclic) bond motifs is 1. The van der Waals surface area contributed by atoms with Crippen LogP contribution in [-0.4, -0.2) is 31.7 Å². The molecule has 0 spiro atoms. The second kappa shape index (κ2) is 8.17. The highest BCUT2D eigenvalue weighted by Crippen LogP contribution is 2.37. The number of benzene rings is 1. The fourth-order valence-electron chi connectivity index (χ4n) is 3.86. The monoisotopic (exact) mass is 437 g/mol. The first-order valence-corrected chi connectivity index (χ1v) is 10.4. The largest absolute Gasteiger partial charge is 0.383 e. The van der Waals surface area contributed by atoms with E-state index in [1.807, 2.05) is 43.0 Å². The van der Waals surface area contributed by atoms with Crippen molar-refractivity contribution in [3.05, 3.63) is 58.5 Å². The molecule has 0 saturated heterocycles. The van der Waals surface area contributed by atoms with Crippen LogP contribution in [0.2, 0.25) is 5.02 Å². The molecule has 7 nitrogen and oxygen atoms in total. The Morgan fingerprint density at radius 3 is 2.77 bits per heavy atom. The Labute approximate surface area is 185 Å². The molecule has 1 aliphatic rings. The van der Waals surface area contributed by atoms with Crippen LogP contribution in [0.15, 0.2) is 47.7 Å². The van der Waals surface area contributed by atoms with Gasteiger partial charge < -0.3 is 20.7 Å². The molecule has 0 fully saturated rings. The van der Waals surface area contributed by atoms with Gasteiger partial charge in [-0.05, 0) is 44.4 Å². The SMILES string of the molecule is CC1=CC(C(O)C(=O)Nc2ccc(-c3cn(C)c4nc(C)nc(N)c34)c(Cl)c2)=CCC1. The summed E-state index contributed by atoms with van der Waals surface area (Å²) >= 11 is 6.56. The van der Waals surface area contributed by atoms with E-state index < -0.39 is 12.0 Å². The number of nitrogens with one attached hydrogen (secondary N) is 1. The van der Waals surface area contributed by atoms with E-state index >= 15 is 0 Å². The Hall–Kier alpha value is -3.16. The predicted molar refractivity (Wildman–Crippen MR) is 124 cm³/mol. The molecule has 4 rings (SSSR count). The molecule has 160 valence electrons. The molecule has 1 atom stereocenters. The molecule has 8 heteroatoms. The summed E-state index contributed by atoms with van der Waals surface area (Å²) in [6.07, 6.45) is 6.19. The van der Waals surface area contributed by atoms with E-state index in [0.717, 1.165) is 40.6 Å². The maximum absolute atomic E-state index is 12.5. The maximum Gasteiger partial charge on any atom is 0.257 e. The van der Waals surface area contributed by atoms with Crippen LogP contribution in [0.5, 0.6) is 0 Å². The van der Waals surface area contributed by atoms with Gasteiger partial charge in [0.05, 0.1) is 10.4 Å². The van der Waals surface area contributed by atoms with Crippen molar-refractivity contribution >= 4 is 40.0 Å². The summed E-state index contributed by atoms with van der Waals surface area (Å²) in [6.45, 7) is 3.78. The number of aliphatic hydroxyl groups excluding tert-OH is 1. The quantitative estimate of drug-likeness (QED) is 0.568. The minimum Gasteiger partial charge on any atom is -0.383 e. The van der Waals surface area contributed by atoms with Crippen molar-refractivity contribution in [3.63, 3.8) is 0 Å². The van der Waals surface area contributed by atoms with Gasteiger partial charge >= 0.3 is 0 Å². The molecule has 0 aliphatic heterocycles. The number of carbonyl (C=O) groups excluding carboxylic acids is 1. The van der Waals surface area contributed by atoms with Crippen LogP contribution in [0.4, 0.5) is 11.5 Å². The summed E-state index contributed by atoms with van der Waals surface area (Å²) < 4.78 is 1.88. The highest BCUT2D eigenvalue weighted by Gasteiger charge is 2.21. The van der Waals surface area contributed by atoms with Crippen molar-refractivity contribution in [2.24, 2.45) is 7.05 Å². The van der Waals surface area contributed by atoms with Crippen LogP contribution in [0.3, 0.4) is 0 Å². The second-order valence-corrected chi connectivity index (χ2v) is 8.24. The number of allylic oxidation sites excluding steroid dienone is 2. The van der Waals surface area contributed by atoms with Crippen LogP contribution in [-0.2, 0) is 11.8 Å². The van der Waals surface area contributed by atoms with Gasteiger partial charge in [-0.2, -0.15) is 0 Å². The first-order valence-electron chi connectivity index (χ1n) is 10.00. The number of hydrogen-bond acceptors (Lipinski definition) is 5. The lowest BCUT2D eigenvalue weighted by Gasteiger charge is -2.17. The van der Waals surface area contributed by atoms with Crippen LogP contribution >= 0.6 is 11.6 Å². The lowest BCUT2D eigenvalue weighted by atomic mass is 9.96. The van der Waals surface area contributed by atoms with Gasteiger partial charge in [0.25, 0.3) is 5.91 Å². The van der Waals surface area contributed by atoms with Crippen molar-refractivity contribution in [2.75, 3.05) is 11.1 Å². The summed E-state index contributed by atoms with van der Waals surface area (Å²) in [5.41, 5.74) is 10.7. The first-order chi connectivity index (χ1) is 14.7. The number of carbonyl (C=O) groups is 1. The lowest BCUT2D eigenvalue weighted by Crippen LogP contribution is -2.29. The van der Waals surface area contributed by atoms with Crippen LogP contribution < -0.4 is 11.1 Å². The highest BCUT2D eigenvalue weighted by atomic mass is 35.5. The Morgan fingerprint density at radius 1 is 1.29 bits per heavy atom. The van der Waals surface area contributed by atoms with Gasteiger partial charge in [0.15, 0.2) is 6.10 Å². The van der Waals surface area contributed by atoms with Crippen molar-refractivity contribution in [1.82, 2.24) is 14.5 Å². The maximum atomic E-state index is 12.5. The lowest BCUT2D eigenvalue weighted by molar-refractivity contribution is -0.122. The number of nitrogens with zero attached hydrogens (tertiary/aromatic N) is 3. The number of rotatable bonds is 4. The zero-order valence-corrected chi connectivity index (χ0v) is 18.4. The molecule has 0 radical (unpaired) electrons. The number of nitrogen functional groups attached to an aromatic ring is 1. The van der Waals surface area contributed by atoms with Crippen molar-refractivity contribution in [2.45, 2.75) is 32.8 Å². The van der Waals surface area contributed by atoms with Crippen molar-refractivity contribution in [3.8, 4) is 11.1 Å². The molecule has 3 aromatic rings. The Bertz CT molecular complexity index is 1260. The molecule has 31 heavy (non-hydrogen) atoms. The van der Waals surface area contributed by atoms with E-state index in [9.17, 15) is 9.90 Å². The smallest absolute Gasteiger partial charge is 0.257 e. The number of aliphatic hydroxyl groups is 1. The topological polar surface area (TPSA) is 106 Å². The molecule has 0 saturated carbocycles. The minimum atomic E-state index is -1.23. The minimum absolute atomic E-state index is 0.388. The third kappa shape index (κ3) is 4.06. The van der Waals surface area contributed by atoms with Gasteiger partial charge in [0.2, 0.25) is 0 Å². The number of hydrogen-bond donors (Lipinski definition) is 3. The van der Waals surface area contributed by atoms with Gasteiger partial charge in [-0.25, -0.2) is 9.97 Å². The van der Waals surface area contributed by atoms with E-state index in [4.69, 9.17) is 17.3 Å². The van der Waals surface area contributed by atoms with Crippen LogP contribution in [0.25, 0.3) is 22.2 Å². The van der Waals surface area contributed by atoms with Gasteiger partial charge in [0.1, 0.15) is 17.3 Å². The number of halogens is 1. The zero-order chi connectivity index (χ0) is 22.3. The van der Waals surface area contributed by atoms with Crippen molar-refractivity contribution < 1.29 is 9.90 Å². The standard InChI is InChI=1S/C23H24ClN5O2/c1-12-5-4-6-14(9-12)20(30)23(31)28-15-7-8-16(18(24)10-15)17-11-29(3)22-19(17)21(25)26-13(2)27-22/h6-11,20,30H,4-5H2,1-3H3,(H,28,31)(H2,25,26,27). The van der Waals surface area contributed by atoms with E-state index in [1.165, 1.54) is 0 Å². The summed E-state index contributed by atoms with van der Waals surface area (Å²) in [7, 11) is 1.89. The Balaban J connectivity index is 1.62. The number of nitrogens with two attached hydrogens (primary N) is 1. The van der Waals surface area contributed by atoms with E-state index in [-0.39, 0.29) is 0 Å². The van der Waals surface area contributed by atoms with Gasteiger partial charge in [-0.15, -0.1) is 0 Å². The summed E-state index contributed by atoms with van der Waals surface area (Å²) in [6, 6.07) is 5.20. The molecule has 1 aromatic carbocycles. The predicted octanol–water partition coefficient (Wildman–Crippen LogP) is 4.15. The molecule has 1 amide bonds. The molecule has 2 aromatic heterocycles. The zero-order valence-electron chi connectivity index (χ0n) is 17.6. The van der Waals surface area contributed by atoms with Crippen LogP contribution in [0, 0.1) is 6.92 Å². The average molecular weight is 438 g/mol. The normalized spacial score (nSPS) is 14.9. The van der Waals surface area contributed by atoms with Crippen molar-refractivity contribution in [1.29, 1.82) is 0 Å². The summed E-state index contributed by atoms with van der Waals surface area (Å²) in [5.74, 6) is 0.483. The Morgan fingerprint density at radius 2 is 2.06 bits per heavy atom. The molecule has 0 bridgehead atoms. The highest BCUT2D eigenvalue weighted by molar-refractivity contribution is 6.34. The molecule has 2 heterocycles. The second-order valence-electron chi connectivity index (χ2n) is 7.83. The molecular formula is C23H24ClN5O2. The third-order valence-corrected chi connectivity index (χ3v) is 5.69. The Kier molecular flexibility index (Phi) is 5.56.